The van der Waals surface area contributed by atoms with Crippen LogP contribution in [0.25, 0.3) is 0 Å². The van der Waals surface area contributed by atoms with Crippen molar-refractivity contribution in [3.8, 4) is 12.3 Å². The van der Waals surface area contributed by atoms with E-state index >= 15 is 0 Å². The van der Waals surface area contributed by atoms with E-state index in [1.807, 2.05) is 5.32 Å². The lowest BCUT2D eigenvalue weighted by atomic mass is 9.93. The van der Waals surface area contributed by atoms with Gasteiger partial charge in [0.1, 0.15) is 0 Å². The fourth-order valence-corrected chi connectivity index (χ4v) is 1.52. The Morgan fingerprint density at radius 1 is 1.20 bits per heavy atom. The van der Waals surface area contributed by atoms with Crippen LogP contribution in [0, 0.1) is 22.8 Å². The standard InChI is InChI=1S/C12H9F3N4O/c13-12(14,15)11(6-7-16,10(20)18-8-17)19-9-4-2-1-3-5-9/h1-5,19H,6H2,(H,18,20). The van der Waals surface area contributed by atoms with Crippen LogP contribution in [-0.4, -0.2) is 17.6 Å². The van der Waals surface area contributed by atoms with Crippen molar-refractivity contribution in [3.05, 3.63) is 30.3 Å². The Kier molecular flexibility index (Phi) is 4.54. The number of benzene rings is 1. The maximum absolute atomic E-state index is 13.2. The fourth-order valence-electron chi connectivity index (χ4n) is 1.52. The van der Waals surface area contributed by atoms with Crippen LogP contribution in [0.3, 0.4) is 0 Å². The summed E-state index contributed by atoms with van der Waals surface area (Å²) >= 11 is 0. The van der Waals surface area contributed by atoms with Gasteiger partial charge in [0.2, 0.25) is 5.54 Å². The van der Waals surface area contributed by atoms with Gasteiger partial charge in [-0.05, 0) is 12.1 Å². The third kappa shape index (κ3) is 2.98. The van der Waals surface area contributed by atoms with Crippen molar-refractivity contribution in [3.63, 3.8) is 0 Å². The molecule has 0 aliphatic heterocycles. The van der Waals surface area contributed by atoms with Crippen molar-refractivity contribution >= 4 is 11.6 Å². The number of nitrogens with zero attached hydrogens (tertiary/aromatic N) is 2. The minimum absolute atomic E-state index is 0.00756. The molecule has 1 atom stereocenters. The summed E-state index contributed by atoms with van der Waals surface area (Å²) in [6, 6.07) is 8.48. The lowest BCUT2D eigenvalue weighted by Gasteiger charge is -2.33. The van der Waals surface area contributed by atoms with E-state index in [2.05, 4.69) is 0 Å². The highest BCUT2D eigenvalue weighted by Gasteiger charge is 2.60. The average Bonchev–Trinajstić information content (AvgIpc) is 2.38. The number of alkyl halides is 3. The van der Waals surface area contributed by atoms with Crippen LogP contribution in [0.5, 0.6) is 0 Å². The van der Waals surface area contributed by atoms with Crippen LogP contribution < -0.4 is 10.6 Å². The molecule has 104 valence electrons. The molecule has 1 rings (SSSR count). The monoisotopic (exact) mass is 282 g/mol. The number of nitriles is 2. The summed E-state index contributed by atoms with van der Waals surface area (Å²) in [5.74, 6) is -1.63. The molecule has 0 saturated carbocycles. The van der Waals surface area contributed by atoms with Gasteiger partial charge in [0.15, 0.2) is 6.19 Å². The molecule has 20 heavy (non-hydrogen) atoms. The van der Waals surface area contributed by atoms with Gasteiger partial charge in [0.25, 0.3) is 5.91 Å². The van der Waals surface area contributed by atoms with Gasteiger partial charge in [-0.1, -0.05) is 18.2 Å². The maximum Gasteiger partial charge on any atom is 0.421 e. The van der Waals surface area contributed by atoms with Crippen LogP contribution in [-0.2, 0) is 4.79 Å². The molecule has 8 heteroatoms. The number of halogens is 3. The predicted molar refractivity (Wildman–Crippen MR) is 62.8 cm³/mol. The second-order valence-electron chi connectivity index (χ2n) is 3.79. The Labute approximate surface area is 112 Å². The third-order valence-electron chi connectivity index (χ3n) is 2.52. The number of anilines is 1. The van der Waals surface area contributed by atoms with Crippen molar-refractivity contribution in [1.29, 1.82) is 10.5 Å². The molecule has 0 saturated heterocycles. The van der Waals surface area contributed by atoms with Gasteiger partial charge in [-0.2, -0.15) is 23.7 Å². The number of rotatable bonds is 4. The number of amides is 1. The summed E-state index contributed by atoms with van der Waals surface area (Å²) < 4.78 is 39.7. The van der Waals surface area contributed by atoms with E-state index in [0.29, 0.717) is 0 Å². The summed E-state index contributed by atoms with van der Waals surface area (Å²) in [6.45, 7) is 0. The second-order valence-corrected chi connectivity index (χ2v) is 3.79. The zero-order valence-corrected chi connectivity index (χ0v) is 10.0. The lowest BCUT2D eigenvalue weighted by molar-refractivity contribution is -0.184. The second kappa shape index (κ2) is 5.93. The zero-order valence-electron chi connectivity index (χ0n) is 10.0. The van der Waals surface area contributed by atoms with Gasteiger partial charge in [-0.15, -0.1) is 0 Å². The van der Waals surface area contributed by atoms with Gasteiger partial charge >= 0.3 is 6.18 Å². The summed E-state index contributed by atoms with van der Waals surface area (Å²) in [4.78, 5) is 11.6. The predicted octanol–water partition coefficient (Wildman–Crippen LogP) is 1.91. The maximum atomic E-state index is 13.2. The van der Waals surface area contributed by atoms with Crippen molar-refractivity contribution in [1.82, 2.24) is 5.32 Å². The quantitative estimate of drug-likeness (QED) is 0.652. The van der Waals surface area contributed by atoms with Crippen molar-refractivity contribution in [2.75, 3.05) is 5.32 Å². The topological polar surface area (TPSA) is 88.7 Å². The van der Waals surface area contributed by atoms with E-state index in [0.717, 1.165) is 6.19 Å². The van der Waals surface area contributed by atoms with Crippen LogP contribution in [0.2, 0.25) is 0 Å². The van der Waals surface area contributed by atoms with Gasteiger partial charge in [-0.25, -0.2) is 0 Å². The molecule has 5 nitrogen and oxygen atoms in total. The number of hydrogen-bond donors (Lipinski definition) is 2. The van der Waals surface area contributed by atoms with Crippen LogP contribution in [0.15, 0.2) is 30.3 Å². The Bertz CT molecular complexity index is 559. The molecule has 0 aromatic heterocycles. The normalized spacial score (nSPS) is 13.4. The first-order chi connectivity index (χ1) is 9.37. The summed E-state index contributed by atoms with van der Waals surface area (Å²) in [5.41, 5.74) is -3.17. The Balaban J connectivity index is 3.28. The molecule has 0 bridgehead atoms. The Hall–Kier alpha value is -2.74. The zero-order chi connectivity index (χ0) is 15.2. The van der Waals surface area contributed by atoms with E-state index in [9.17, 15) is 18.0 Å². The van der Waals surface area contributed by atoms with Gasteiger partial charge in [-0.3, -0.25) is 10.1 Å². The molecule has 1 unspecified atom stereocenters. The molecule has 2 N–H and O–H groups in total. The van der Waals surface area contributed by atoms with E-state index in [1.54, 1.807) is 6.07 Å². The van der Waals surface area contributed by atoms with Crippen LogP contribution in [0.4, 0.5) is 18.9 Å². The highest BCUT2D eigenvalue weighted by molar-refractivity contribution is 5.91. The Morgan fingerprint density at radius 3 is 2.25 bits per heavy atom. The van der Waals surface area contributed by atoms with E-state index in [-0.39, 0.29) is 5.69 Å². The molecule has 0 fully saturated rings. The number of para-hydroxylation sites is 1. The number of carbonyl (C=O) groups is 1. The SMILES string of the molecule is N#CCC(Nc1ccccc1)(C(=O)NC#N)C(F)(F)F. The highest BCUT2D eigenvalue weighted by atomic mass is 19.4. The number of carbonyl (C=O) groups excluding carboxylic acids is 1. The Morgan fingerprint density at radius 2 is 1.80 bits per heavy atom. The summed E-state index contributed by atoms with van der Waals surface area (Å²) in [6.07, 6.45) is -5.08. The molecule has 0 aliphatic carbocycles. The molecular formula is C12H9F3N4O. The molecule has 0 heterocycles. The molecule has 0 spiro atoms. The fraction of sp³-hybridized carbons (Fsp3) is 0.250. The average molecular weight is 282 g/mol. The van der Waals surface area contributed by atoms with E-state index < -0.39 is 24.0 Å². The first-order valence-corrected chi connectivity index (χ1v) is 5.34. The number of hydrogen-bond acceptors (Lipinski definition) is 4. The molecule has 1 amide bonds. The summed E-state index contributed by atoms with van der Waals surface area (Å²) in [7, 11) is 0. The molecular weight excluding hydrogens is 273 g/mol. The van der Waals surface area contributed by atoms with E-state index in [4.69, 9.17) is 10.5 Å². The van der Waals surface area contributed by atoms with E-state index in [1.165, 1.54) is 35.7 Å². The lowest BCUT2D eigenvalue weighted by Crippen LogP contribution is -2.61. The highest BCUT2D eigenvalue weighted by Crippen LogP contribution is 2.36. The van der Waals surface area contributed by atoms with Crippen molar-refractivity contribution in [2.45, 2.75) is 18.1 Å². The van der Waals surface area contributed by atoms with Gasteiger partial charge in [0.05, 0.1) is 12.5 Å². The van der Waals surface area contributed by atoms with Crippen LogP contribution >= 0.6 is 0 Å². The number of nitrogens with one attached hydrogen (secondary N) is 2. The first-order valence-electron chi connectivity index (χ1n) is 5.34. The van der Waals surface area contributed by atoms with Gasteiger partial charge < -0.3 is 5.32 Å². The largest absolute Gasteiger partial charge is 0.421 e. The van der Waals surface area contributed by atoms with Crippen molar-refractivity contribution < 1.29 is 18.0 Å². The third-order valence-corrected chi connectivity index (χ3v) is 2.52. The van der Waals surface area contributed by atoms with Gasteiger partial charge in [0, 0.05) is 5.69 Å². The molecule has 1 aromatic carbocycles. The minimum atomic E-state index is -5.06. The van der Waals surface area contributed by atoms with Crippen molar-refractivity contribution in [2.24, 2.45) is 0 Å². The minimum Gasteiger partial charge on any atom is -0.363 e. The smallest absolute Gasteiger partial charge is 0.363 e. The summed E-state index contributed by atoms with van der Waals surface area (Å²) in [5, 5.41) is 20.4. The molecule has 0 aliphatic rings. The molecule has 0 radical (unpaired) electrons. The van der Waals surface area contributed by atoms with Crippen LogP contribution in [0.1, 0.15) is 6.42 Å². The first kappa shape index (κ1) is 15.3. The molecule has 1 aromatic rings.